The summed E-state index contributed by atoms with van der Waals surface area (Å²) >= 11 is 0. The molecule has 17 heteroatoms. The molecule has 350 valence electrons. The molecule has 6 bridgehead atoms. The minimum Gasteiger partial charge on any atom is -0.462 e. The lowest BCUT2D eigenvalue weighted by Crippen LogP contribution is -2.38. The number of fused-ring (bicyclic) bond motifs is 8. The molecule has 0 unspecified atom stereocenters. The number of amides is 1. The van der Waals surface area contributed by atoms with Gasteiger partial charge in [0.15, 0.2) is 11.4 Å². The molecule has 0 saturated carbocycles. The average Bonchev–Trinajstić information content (AvgIpc) is 4.05. The molecule has 1 amide bonds. The summed E-state index contributed by atoms with van der Waals surface area (Å²) in [4.78, 5) is 52.9. The van der Waals surface area contributed by atoms with Crippen LogP contribution in [-0.4, -0.2) is 118 Å². The SMILES string of the molecule is CO[C@H]([C@H](C)C=CN(C)C=O)[C@@H](C)C(=O)CC[C@H](C)[C@H](C[C@@H]1OC(=O)C[C@@H](O)C[C@H](C)C[C@H](O)[C@H](C)[C@@H](OC)c2coc(n2)-c2coc(n2)-c2coc(n2)C=CC[C@H](O)[C@H]1C)OC. The van der Waals surface area contributed by atoms with E-state index in [2.05, 4.69) is 15.0 Å². The highest BCUT2D eigenvalue weighted by atomic mass is 16.5. The number of oxazole rings is 3. The highest BCUT2D eigenvalue weighted by Crippen LogP contribution is 2.34. The maximum absolute atomic E-state index is 13.5. The summed E-state index contributed by atoms with van der Waals surface area (Å²) in [5, 5.41) is 33.8. The van der Waals surface area contributed by atoms with E-state index in [1.165, 1.54) is 30.8 Å². The van der Waals surface area contributed by atoms with E-state index in [1.807, 2.05) is 40.7 Å². The van der Waals surface area contributed by atoms with E-state index in [4.69, 9.17) is 32.2 Å². The number of ketones is 1. The van der Waals surface area contributed by atoms with Gasteiger partial charge in [0.05, 0.1) is 36.9 Å². The molecule has 3 aromatic heterocycles. The number of methoxy groups -OCH3 is 3. The number of nitrogens with zero attached hydrogens (tertiary/aromatic N) is 4. The fourth-order valence-corrected chi connectivity index (χ4v) is 8.16. The van der Waals surface area contributed by atoms with E-state index in [0.29, 0.717) is 36.3 Å². The van der Waals surface area contributed by atoms with Crippen LogP contribution in [0.1, 0.15) is 104 Å². The van der Waals surface area contributed by atoms with Gasteiger partial charge in [-0.05, 0) is 43.6 Å². The number of ether oxygens (including phenoxy) is 4. The van der Waals surface area contributed by atoms with Crippen LogP contribution in [0.3, 0.4) is 0 Å². The van der Waals surface area contributed by atoms with Crippen molar-refractivity contribution in [2.45, 2.75) is 129 Å². The van der Waals surface area contributed by atoms with Gasteiger partial charge in [0.1, 0.15) is 42.5 Å². The van der Waals surface area contributed by atoms with E-state index < -0.39 is 66.5 Å². The van der Waals surface area contributed by atoms with Gasteiger partial charge in [-0.15, -0.1) is 0 Å². The molecular formula is C46H68N4O13. The number of aromatic nitrogens is 3. The van der Waals surface area contributed by atoms with Crippen LogP contribution in [0.25, 0.3) is 29.2 Å². The quantitative estimate of drug-likeness (QED) is 0.110. The summed E-state index contributed by atoms with van der Waals surface area (Å²) in [5.74, 6) is -1.94. The van der Waals surface area contributed by atoms with Crippen molar-refractivity contribution in [1.82, 2.24) is 19.9 Å². The molecule has 0 aliphatic carbocycles. The first-order valence-corrected chi connectivity index (χ1v) is 21.7. The van der Waals surface area contributed by atoms with Crippen molar-refractivity contribution in [2.24, 2.45) is 35.5 Å². The molecule has 0 aromatic carbocycles. The van der Waals surface area contributed by atoms with Gasteiger partial charge in [-0.3, -0.25) is 14.4 Å². The topological polar surface area (TPSA) is 230 Å². The molecule has 4 heterocycles. The molecule has 63 heavy (non-hydrogen) atoms. The normalized spacial score (nSPS) is 26.8. The van der Waals surface area contributed by atoms with Crippen LogP contribution >= 0.6 is 0 Å². The zero-order valence-corrected chi connectivity index (χ0v) is 38.3. The first-order chi connectivity index (χ1) is 30.0. The predicted octanol–water partition coefficient (Wildman–Crippen LogP) is 6.44. The maximum Gasteiger partial charge on any atom is 0.308 e. The second-order valence-corrected chi connectivity index (χ2v) is 17.2. The zero-order valence-electron chi connectivity index (χ0n) is 38.3. The van der Waals surface area contributed by atoms with E-state index in [0.717, 1.165) is 0 Å². The van der Waals surface area contributed by atoms with Gasteiger partial charge in [-0.2, -0.15) is 0 Å². The van der Waals surface area contributed by atoms with Crippen molar-refractivity contribution in [3.8, 4) is 23.2 Å². The highest BCUT2D eigenvalue weighted by Gasteiger charge is 2.35. The summed E-state index contributed by atoms with van der Waals surface area (Å²) in [7, 11) is 6.28. The molecule has 1 aliphatic rings. The van der Waals surface area contributed by atoms with Gasteiger partial charge >= 0.3 is 5.97 Å². The van der Waals surface area contributed by atoms with Crippen molar-refractivity contribution < 1.29 is 61.9 Å². The van der Waals surface area contributed by atoms with Crippen LogP contribution < -0.4 is 0 Å². The van der Waals surface area contributed by atoms with Crippen LogP contribution in [0.2, 0.25) is 0 Å². The first-order valence-electron chi connectivity index (χ1n) is 21.7. The van der Waals surface area contributed by atoms with Crippen LogP contribution in [0.5, 0.6) is 0 Å². The Kier molecular flexibility index (Phi) is 19.9. The molecule has 4 rings (SSSR count). The number of carbonyl (C=O) groups excluding carboxylic acids is 3. The van der Waals surface area contributed by atoms with E-state index >= 15 is 0 Å². The second-order valence-electron chi connectivity index (χ2n) is 17.2. The number of cyclic esters (lactones) is 1. The van der Waals surface area contributed by atoms with Gasteiger partial charge in [0.25, 0.3) is 0 Å². The largest absolute Gasteiger partial charge is 0.462 e. The van der Waals surface area contributed by atoms with Crippen molar-refractivity contribution in [3.05, 3.63) is 48.7 Å². The highest BCUT2D eigenvalue weighted by molar-refractivity contribution is 5.81. The number of hydrogen-bond acceptors (Lipinski definition) is 16. The number of esters is 1. The number of rotatable bonds is 15. The lowest BCUT2D eigenvalue weighted by Gasteiger charge is -2.33. The van der Waals surface area contributed by atoms with Crippen molar-refractivity contribution in [1.29, 1.82) is 0 Å². The van der Waals surface area contributed by atoms with Gasteiger partial charge in [0, 0.05) is 71.1 Å². The van der Waals surface area contributed by atoms with Crippen molar-refractivity contribution >= 4 is 24.2 Å². The van der Waals surface area contributed by atoms with Crippen LogP contribution in [0.15, 0.2) is 50.4 Å². The Bertz CT molecular complexity index is 1920. The monoisotopic (exact) mass is 884 g/mol. The summed E-state index contributed by atoms with van der Waals surface area (Å²) in [5.41, 5.74) is 1.09. The lowest BCUT2D eigenvalue weighted by molar-refractivity contribution is -0.159. The minimum atomic E-state index is -1.06. The van der Waals surface area contributed by atoms with Crippen LogP contribution in [-0.2, 0) is 33.3 Å². The Balaban J connectivity index is 1.52. The van der Waals surface area contributed by atoms with Crippen LogP contribution in [0, 0.1) is 35.5 Å². The molecule has 17 nitrogen and oxygen atoms in total. The predicted molar refractivity (Wildman–Crippen MR) is 231 cm³/mol. The standard InChI is InChI=1S/C46H68N4O13/c1-26-18-32(52)20-42(56)63-40(21-39(57-8)27(2)14-15-37(54)30(5)43(58-9)28(3)16-17-50(7)25-51)29(4)36(53)12-11-13-41-47-34(23-60-41)45-49-35(24-62-45)46-48-33(22-61-46)44(59-10)31(6)38(55)19-26/h11,13,16-17,22-32,36,38-40,43-44,52-53,55H,12,14-15,18-21H2,1-10H3/t26-,27-,28+,29+,30-,31-,32-,36-,38-,39-,40-,43+,44+/m0/s1. The Morgan fingerprint density at radius 2 is 1.60 bits per heavy atom. The molecule has 0 saturated heterocycles. The Labute approximate surface area is 370 Å². The third-order valence-electron chi connectivity index (χ3n) is 12.3. The Morgan fingerprint density at radius 1 is 0.921 bits per heavy atom. The van der Waals surface area contributed by atoms with E-state index in [-0.39, 0.29) is 73.3 Å². The number of Topliss-reactive ketones (excluding diaryl/α,β-unsaturated/α-hetero) is 1. The average molecular weight is 885 g/mol. The van der Waals surface area contributed by atoms with Gasteiger partial charge in [-0.25, -0.2) is 15.0 Å². The van der Waals surface area contributed by atoms with E-state index in [9.17, 15) is 29.7 Å². The smallest absolute Gasteiger partial charge is 0.308 e. The molecule has 3 aromatic rings. The molecular weight excluding hydrogens is 817 g/mol. The fraction of sp³-hybridized carbons (Fsp3) is 0.652. The number of aliphatic hydroxyl groups is 3. The summed E-state index contributed by atoms with van der Waals surface area (Å²) in [6, 6.07) is 0. The molecule has 3 N–H and O–H groups in total. The molecule has 0 fully saturated rings. The van der Waals surface area contributed by atoms with Gasteiger partial charge < -0.3 is 52.4 Å². The summed E-state index contributed by atoms with van der Waals surface area (Å²) in [6.07, 6.45) is 7.83. The Hall–Kier alpha value is -4.52. The van der Waals surface area contributed by atoms with Gasteiger partial charge in [-0.1, -0.05) is 53.7 Å². The zero-order chi connectivity index (χ0) is 46.4. The molecule has 0 radical (unpaired) electrons. The third-order valence-corrected chi connectivity index (χ3v) is 12.3. The molecule has 1 aliphatic heterocycles. The lowest BCUT2D eigenvalue weighted by atomic mass is 9.84. The van der Waals surface area contributed by atoms with E-state index in [1.54, 1.807) is 46.5 Å². The maximum atomic E-state index is 13.5. The Morgan fingerprint density at radius 3 is 2.29 bits per heavy atom. The number of hydrogen-bond donors (Lipinski definition) is 3. The molecule has 0 spiro atoms. The van der Waals surface area contributed by atoms with Crippen LogP contribution in [0.4, 0.5) is 0 Å². The number of carbonyl (C=O) groups is 3. The summed E-state index contributed by atoms with van der Waals surface area (Å²) in [6.45, 7) is 11.2. The number of aliphatic hydroxyl groups excluding tert-OH is 3. The van der Waals surface area contributed by atoms with Gasteiger partial charge in [0.2, 0.25) is 24.1 Å². The van der Waals surface area contributed by atoms with Crippen molar-refractivity contribution in [2.75, 3.05) is 28.4 Å². The van der Waals surface area contributed by atoms with Crippen molar-refractivity contribution in [3.63, 3.8) is 0 Å². The minimum absolute atomic E-state index is 0.0189. The fourth-order valence-electron chi connectivity index (χ4n) is 8.16. The summed E-state index contributed by atoms with van der Waals surface area (Å²) < 4.78 is 40.5. The first kappa shape index (κ1) is 51.1. The second kappa shape index (κ2) is 24.5. The third kappa shape index (κ3) is 14.5. The molecule has 13 atom stereocenters.